The number of hydrogen-bond acceptors (Lipinski definition) is 8. The van der Waals surface area contributed by atoms with Crippen LogP contribution in [0.3, 0.4) is 0 Å². The Balaban J connectivity index is 1.21. The molecule has 9 nitrogen and oxygen atoms in total. The number of likely N-dealkylation sites (tertiary alicyclic amines) is 1. The SMILES string of the molecule is CC1(OC(=O)N2CC3COCC(C2)C3Oc2ncnc3c2NCC3c2ccc(C#N)cc2F)CC1. The molecule has 1 aliphatic carbocycles. The normalized spacial score (nSPS) is 27.9. The first kappa shape index (κ1) is 22.0. The molecule has 2 aromatic rings. The van der Waals surface area contributed by atoms with Crippen LogP contribution >= 0.6 is 0 Å². The number of hydrogen-bond donors (Lipinski definition) is 1. The van der Waals surface area contributed by atoms with Gasteiger partial charge in [0.15, 0.2) is 0 Å². The van der Waals surface area contributed by atoms with Crippen molar-refractivity contribution in [3.05, 3.63) is 47.2 Å². The first-order chi connectivity index (χ1) is 16.9. The molecule has 3 fully saturated rings. The van der Waals surface area contributed by atoms with Gasteiger partial charge in [0, 0.05) is 37.4 Å². The fraction of sp³-hybridized carbons (Fsp3) is 0.520. The molecule has 4 heterocycles. The van der Waals surface area contributed by atoms with Crippen LogP contribution < -0.4 is 10.1 Å². The van der Waals surface area contributed by atoms with E-state index in [4.69, 9.17) is 19.5 Å². The quantitative estimate of drug-likeness (QED) is 0.713. The number of nitrogens with zero attached hydrogens (tertiary/aromatic N) is 4. The van der Waals surface area contributed by atoms with Crippen LogP contribution in [0.5, 0.6) is 5.88 Å². The highest BCUT2D eigenvalue weighted by Crippen LogP contribution is 2.43. The minimum Gasteiger partial charge on any atom is -0.472 e. The van der Waals surface area contributed by atoms with Crippen molar-refractivity contribution in [2.45, 2.75) is 37.4 Å². The van der Waals surface area contributed by atoms with E-state index in [1.54, 1.807) is 17.0 Å². The third kappa shape index (κ3) is 4.04. The molecular formula is C25H26FN5O4. The minimum absolute atomic E-state index is 0.0131. The van der Waals surface area contributed by atoms with E-state index in [0.717, 1.165) is 12.8 Å². The fourth-order valence-electron chi connectivity index (χ4n) is 5.26. The minimum atomic E-state index is -0.434. The zero-order chi connectivity index (χ0) is 24.2. The molecular weight excluding hydrogens is 453 g/mol. The maximum Gasteiger partial charge on any atom is 0.410 e. The summed E-state index contributed by atoms with van der Waals surface area (Å²) >= 11 is 0. The third-order valence-corrected chi connectivity index (χ3v) is 7.46. The van der Waals surface area contributed by atoms with E-state index in [0.29, 0.717) is 55.7 Å². The third-order valence-electron chi connectivity index (χ3n) is 7.46. The van der Waals surface area contributed by atoms with Crippen molar-refractivity contribution in [3.8, 4) is 11.9 Å². The van der Waals surface area contributed by atoms with E-state index in [1.165, 1.54) is 12.4 Å². The molecule has 1 N–H and O–H groups in total. The van der Waals surface area contributed by atoms with Crippen LogP contribution in [0.15, 0.2) is 24.5 Å². The van der Waals surface area contributed by atoms with Crippen LogP contribution in [-0.2, 0) is 9.47 Å². The number of piperidine rings is 1. The standard InChI is InChI=1S/C25H26FN5O4/c1-25(4-5-25)35-24(32)31-9-15-11-33-12-16(10-31)22(15)34-23-21-20(29-13-30-23)18(8-28-21)17-3-2-14(7-27)6-19(17)26/h2-3,6,13,15-16,18,22,28H,4-5,8-12H2,1H3. The summed E-state index contributed by atoms with van der Waals surface area (Å²) in [5.41, 5.74) is 1.76. The smallest absolute Gasteiger partial charge is 0.410 e. The van der Waals surface area contributed by atoms with E-state index in [1.807, 2.05) is 13.0 Å². The maximum absolute atomic E-state index is 14.7. The lowest BCUT2D eigenvalue weighted by molar-refractivity contribution is -0.111. The average molecular weight is 480 g/mol. The lowest BCUT2D eigenvalue weighted by Gasteiger charge is -2.46. The van der Waals surface area contributed by atoms with Gasteiger partial charge in [0.25, 0.3) is 0 Å². The Hall–Kier alpha value is -3.45. The van der Waals surface area contributed by atoms with E-state index in [-0.39, 0.29) is 41.1 Å². The van der Waals surface area contributed by atoms with Gasteiger partial charge in [0.05, 0.1) is 30.5 Å². The Morgan fingerprint density at radius 3 is 2.74 bits per heavy atom. The van der Waals surface area contributed by atoms with E-state index in [2.05, 4.69) is 15.3 Å². The number of ether oxygens (including phenoxy) is 3. The Kier molecular flexibility index (Phi) is 5.25. The summed E-state index contributed by atoms with van der Waals surface area (Å²) in [6, 6.07) is 6.45. The van der Waals surface area contributed by atoms with E-state index in [9.17, 15) is 9.18 Å². The molecule has 4 aliphatic rings. The molecule has 2 saturated heterocycles. The second-order valence-corrected chi connectivity index (χ2v) is 10.1. The molecule has 0 radical (unpaired) electrons. The molecule has 1 aromatic heterocycles. The van der Waals surface area contributed by atoms with Crippen molar-refractivity contribution in [1.82, 2.24) is 14.9 Å². The van der Waals surface area contributed by atoms with E-state index < -0.39 is 5.82 Å². The van der Waals surface area contributed by atoms with Crippen molar-refractivity contribution in [1.29, 1.82) is 5.26 Å². The first-order valence-electron chi connectivity index (χ1n) is 11.9. The van der Waals surface area contributed by atoms with Crippen molar-refractivity contribution in [2.24, 2.45) is 11.8 Å². The average Bonchev–Trinajstić information content (AvgIpc) is 3.40. The Labute approximate surface area is 202 Å². The number of anilines is 1. The van der Waals surface area contributed by atoms with Crippen molar-refractivity contribution < 1.29 is 23.4 Å². The van der Waals surface area contributed by atoms with Gasteiger partial charge in [-0.15, -0.1) is 0 Å². The number of nitriles is 1. The number of benzene rings is 1. The summed E-state index contributed by atoms with van der Waals surface area (Å²) in [6.07, 6.45) is 2.82. The number of rotatable bonds is 4. The summed E-state index contributed by atoms with van der Waals surface area (Å²) < 4.78 is 32.6. The van der Waals surface area contributed by atoms with Gasteiger partial charge in [-0.3, -0.25) is 0 Å². The molecule has 6 rings (SSSR count). The van der Waals surface area contributed by atoms with Crippen molar-refractivity contribution >= 4 is 11.8 Å². The molecule has 0 spiro atoms. The van der Waals surface area contributed by atoms with Gasteiger partial charge in [-0.1, -0.05) is 6.07 Å². The second kappa shape index (κ2) is 8.34. The number of aromatic nitrogens is 2. The van der Waals surface area contributed by atoms with Gasteiger partial charge in [-0.25, -0.2) is 14.2 Å². The monoisotopic (exact) mass is 479 g/mol. The van der Waals surface area contributed by atoms with Crippen LogP contribution in [0.2, 0.25) is 0 Å². The highest BCUT2D eigenvalue weighted by Gasteiger charge is 2.47. The lowest BCUT2D eigenvalue weighted by Crippen LogP contribution is -2.59. The van der Waals surface area contributed by atoms with Gasteiger partial charge in [0.1, 0.15) is 29.5 Å². The number of carbonyl (C=O) groups is 1. The predicted molar refractivity (Wildman–Crippen MR) is 121 cm³/mol. The summed E-state index contributed by atoms with van der Waals surface area (Å²) in [7, 11) is 0. The molecule has 1 amide bonds. The summed E-state index contributed by atoms with van der Waals surface area (Å²) in [6.45, 7) is 4.38. The predicted octanol–water partition coefficient (Wildman–Crippen LogP) is 3.06. The molecule has 2 bridgehead atoms. The Morgan fingerprint density at radius 2 is 2.06 bits per heavy atom. The van der Waals surface area contributed by atoms with Crippen LogP contribution in [0.4, 0.5) is 14.9 Å². The molecule has 182 valence electrons. The van der Waals surface area contributed by atoms with Crippen molar-refractivity contribution in [2.75, 3.05) is 38.2 Å². The number of halogens is 1. The summed E-state index contributed by atoms with van der Waals surface area (Å²) in [4.78, 5) is 23.3. The molecule has 3 atom stereocenters. The maximum atomic E-state index is 14.7. The fourth-order valence-corrected chi connectivity index (χ4v) is 5.26. The summed E-state index contributed by atoms with van der Waals surface area (Å²) in [5, 5.41) is 12.3. The number of fused-ring (bicyclic) bond motifs is 3. The van der Waals surface area contributed by atoms with Gasteiger partial charge >= 0.3 is 6.09 Å². The molecule has 3 unspecified atom stereocenters. The number of amides is 1. The van der Waals surface area contributed by atoms with Gasteiger partial charge < -0.3 is 24.4 Å². The highest BCUT2D eigenvalue weighted by molar-refractivity contribution is 5.69. The lowest BCUT2D eigenvalue weighted by atomic mass is 9.84. The van der Waals surface area contributed by atoms with Crippen molar-refractivity contribution in [3.63, 3.8) is 0 Å². The van der Waals surface area contributed by atoms with Crippen LogP contribution in [0.25, 0.3) is 0 Å². The topological polar surface area (TPSA) is 110 Å². The Morgan fingerprint density at radius 1 is 1.29 bits per heavy atom. The zero-order valence-corrected chi connectivity index (χ0v) is 19.4. The molecule has 3 aliphatic heterocycles. The first-order valence-corrected chi connectivity index (χ1v) is 11.9. The number of nitrogens with one attached hydrogen (secondary N) is 1. The van der Waals surface area contributed by atoms with Gasteiger partial charge in [-0.05, 0) is 37.5 Å². The zero-order valence-electron chi connectivity index (χ0n) is 19.4. The molecule has 1 aromatic carbocycles. The Bertz CT molecular complexity index is 1200. The highest BCUT2D eigenvalue weighted by atomic mass is 19.1. The van der Waals surface area contributed by atoms with Gasteiger partial charge in [-0.2, -0.15) is 10.2 Å². The molecule has 10 heteroatoms. The van der Waals surface area contributed by atoms with Crippen LogP contribution in [0, 0.1) is 29.0 Å². The number of carbonyl (C=O) groups excluding carboxylic acids is 1. The van der Waals surface area contributed by atoms with Gasteiger partial charge in [0.2, 0.25) is 5.88 Å². The second-order valence-electron chi connectivity index (χ2n) is 10.1. The molecule has 35 heavy (non-hydrogen) atoms. The van der Waals surface area contributed by atoms with Crippen LogP contribution in [-0.4, -0.2) is 65.5 Å². The largest absolute Gasteiger partial charge is 0.472 e. The summed E-state index contributed by atoms with van der Waals surface area (Å²) in [5.74, 6) is -0.348. The van der Waals surface area contributed by atoms with E-state index >= 15 is 0 Å². The molecule has 1 saturated carbocycles. The van der Waals surface area contributed by atoms with Crippen LogP contribution in [0.1, 0.15) is 42.5 Å².